The van der Waals surface area contributed by atoms with Crippen LogP contribution in [0.1, 0.15) is 47.4 Å². The maximum Gasteiger partial charge on any atom is 0.265 e. The lowest BCUT2D eigenvalue weighted by molar-refractivity contribution is -0.136. The quantitative estimate of drug-likeness (QED) is 0.697. The molecule has 0 aromatic heterocycles. The first-order valence-electron chi connectivity index (χ1n) is 9.43. The maximum atomic E-state index is 15.3. The summed E-state index contributed by atoms with van der Waals surface area (Å²) < 4.78 is 30.2. The van der Waals surface area contributed by atoms with Crippen LogP contribution >= 0.6 is 0 Å². The summed E-state index contributed by atoms with van der Waals surface area (Å²) >= 11 is 0. The fourth-order valence-corrected chi connectivity index (χ4v) is 4.34. The van der Waals surface area contributed by atoms with Crippen LogP contribution in [-0.4, -0.2) is 59.7 Å². The normalized spacial score (nSPS) is 27.4. The van der Waals surface area contributed by atoms with E-state index in [9.17, 15) is 23.6 Å². The number of nitrogens with one attached hydrogen (secondary N) is 2. The molecule has 8 nitrogen and oxygen atoms in total. The van der Waals surface area contributed by atoms with Crippen LogP contribution in [0.3, 0.4) is 0 Å². The molecule has 0 aliphatic carbocycles. The number of piperazine rings is 1. The number of fused-ring (bicyclic) bond motifs is 1. The average Bonchev–Trinajstić information content (AvgIpc) is 2.85. The largest absolute Gasteiger partial charge is 0.364 e. The third-order valence-corrected chi connectivity index (χ3v) is 5.47. The Labute approximate surface area is 165 Å². The summed E-state index contributed by atoms with van der Waals surface area (Å²) in [6.07, 6.45) is -0.109. The van der Waals surface area contributed by atoms with Crippen molar-refractivity contribution in [3.8, 4) is 0 Å². The second kappa shape index (κ2) is 6.87. The molecule has 4 amide bonds. The number of amides is 4. The molecule has 29 heavy (non-hydrogen) atoms. The minimum absolute atomic E-state index is 0.0249. The lowest BCUT2D eigenvalue weighted by Gasteiger charge is -2.38. The van der Waals surface area contributed by atoms with Gasteiger partial charge in [-0.2, -0.15) is 0 Å². The zero-order valence-electron chi connectivity index (χ0n) is 15.9. The molecule has 0 saturated carbocycles. The van der Waals surface area contributed by atoms with Gasteiger partial charge in [-0.3, -0.25) is 29.4 Å². The van der Waals surface area contributed by atoms with E-state index < -0.39 is 52.4 Å². The first-order chi connectivity index (χ1) is 13.7. The van der Waals surface area contributed by atoms with Crippen molar-refractivity contribution in [1.82, 2.24) is 15.5 Å². The van der Waals surface area contributed by atoms with Crippen LogP contribution in [-0.2, 0) is 9.59 Å². The molecule has 2 N–H and O–H groups in total. The van der Waals surface area contributed by atoms with Gasteiger partial charge in [0.25, 0.3) is 11.8 Å². The number of carbonyl (C=O) groups is 4. The summed E-state index contributed by atoms with van der Waals surface area (Å²) in [7, 11) is 0. The molecule has 3 atom stereocenters. The zero-order valence-corrected chi connectivity index (χ0v) is 15.9. The predicted octanol–water partition coefficient (Wildman–Crippen LogP) is 0.553. The van der Waals surface area contributed by atoms with Crippen LogP contribution < -0.4 is 15.5 Å². The highest BCUT2D eigenvalue weighted by Crippen LogP contribution is 2.36. The van der Waals surface area contributed by atoms with Gasteiger partial charge in [-0.15, -0.1) is 0 Å². The molecule has 3 aliphatic rings. The Hall–Kier alpha value is -2.88. The van der Waals surface area contributed by atoms with Crippen LogP contribution in [0.15, 0.2) is 6.07 Å². The van der Waals surface area contributed by atoms with Crippen molar-refractivity contribution in [2.45, 2.75) is 44.8 Å². The van der Waals surface area contributed by atoms with E-state index in [1.807, 2.05) is 13.8 Å². The third kappa shape index (κ3) is 3.07. The van der Waals surface area contributed by atoms with Crippen molar-refractivity contribution in [2.24, 2.45) is 0 Å². The number of piperidine rings is 1. The van der Waals surface area contributed by atoms with Gasteiger partial charge in [0.1, 0.15) is 17.5 Å². The number of benzene rings is 1. The standard InChI is InChI=1S/C19H20F2N4O4/c1-8-6-24(7-9(2)22-8)16-11(20)5-10-14(15(16)21)19(29)25(18(10)28)12-3-4-13(26)23-17(12)27/h5,8-9,12,22H,3-4,6-7H2,1-2H3,(H,23,26,27). The van der Waals surface area contributed by atoms with Gasteiger partial charge >= 0.3 is 0 Å². The molecule has 3 heterocycles. The lowest BCUT2D eigenvalue weighted by Crippen LogP contribution is -2.55. The molecular weight excluding hydrogens is 386 g/mol. The second-order valence-electron chi connectivity index (χ2n) is 7.76. The Morgan fingerprint density at radius 2 is 1.69 bits per heavy atom. The van der Waals surface area contributed by atoms with E-state index in [1.54, 1.807) is 0 Å². The van der Waals surface area contributed by atoms with Gasteiger partial charge in [-0.25, -0.2) is 8.78 Å². The number of imide groups is 2. The smallest absolute Gasteiger partial charge is 0.265 e. The molecule has 0 bridgehead atoms. The molecule has 2 saturated heterocycles. The highest BCUT2D eigenvalue weighted by molar-refractivity contribution is 6.24. The lowest BCUT2D eigenvalue weighted by atomic mass is 10.0. The van der Waals surface area contributed by atoms with Crippen molar-refractivity contribution in [1.29, 1.82) is 0 Å². The van der Waals surface area contributed by atoms with Crippen LogP contribution in [0.4, 0.5) is 14.5 Å². The van der Waals surface area contributed by atoms with Crippen molar-refractivity contribution in [3.05, 3.63) is 28.8 Å². The second-order valence-corrected chi connectivity index (χ2v) is 7.76. The predicted molar refractivity (Wildman–Crippen MR) is 97.3 cm³/mol. The number of carbonyl (C=O) groups excluding carboxylic acids is 4. The van der Waals surface area contributed by atoms with Crippen molar-refractivity contribution < 1.29 is 28.0 Å². The summed E-state index contributed by atoms with van der Waals surface area (Å²) in [6.45, 7) is 4.42. The molecule has 4 rings (SSSR count). The molecule has 1 aromatic carbocycles. The Morgan fingerprint density at radius 3 is 2.31 bits per heavy atom. The van der Waals surface area contributed by atoms with E-state index >= 15 is 4.39 Å². The van der Waals surface area contributed by atoms with Gasteiger partial charge in [-0.1, -0.05) is 0 Å². The van der Waals surface area contributed by atoms with Gasteiger partial charge in [0.05, 0.1) is 11.1 Å². The molecule has 154 valence electrons. The number of rotatable bonds is 2. The Kier molecular flexibility index (Phi) is 4.60. The number of anilines is 1. The van der Waals surface area contributed by atoms with Crippen LogP contribution in [0, 0.1) is 11.6 Å². The van der Waals surface area contributed by atoms with Crippen molar-refractivity contribution >= 4 is 29.3 Å². The molecule has 3 unspecified atom stereocenters. The number of hydrogen-bond donors (Lipinski definition) is 2. The first kappa shape index (κ1) is 19.4. The van der Waals surface area contributed by atoms with Crippen LogP contribution in [0.25, 0.3) is 0 Å². The first-order valence-corrected chi connectivity index (χ1v) is 9.43. The van der Waals surface area contributed by atoms with E-state index in [0.29, 0.717) is 18.0 Å². The molecule has 10 heteroatoms. The maximum absolute atomic E-state index is 15.3. The topological polar surface area (TPSA) is 98.8 Å². The Bertz CT molecular complexity index is 941. The molecule has 3 aliphatic heterocycles. The summed E-state index contributed by atoms with van der Waals surface area (Å²) in [5, 5.41) is 5.32. The van der Waals surface area contributed by atoms with Gasteiger partial charge < -0.3 is 10.2 Å². The van der Waals surface area contributed by atoms with Gasteiger partial charge in [0.2, 0.25) is 11.8 Å². The van der Waals surface area contributed by atoms with Crippen LogP contribution in [0.5, 0.6) is 0 Å². The molecular formula is C19H20F2N4O4. The highest BCUT2D eigenvalue weighted by atomic mass is 19.1. The summed E-state index contributed by atoms with van der Waals surface area (Å²) in [5.74, 6) is -5.28. The molecule has 0 spiro atoms. The molecule has 0 radical (unpaired) electrons. The van der Waals surface area contributed by atoms with E-state index in [0.717, 1.165) is 6.07 Å². The summed E-state index contributed by atoms with van der Waals surface area (Å²) in [6, 6.07) is -0.423. The number of hydrogen-bond acceptors (Lipinski definition) is 6. The van der Waals surface area contributed by atoms with E-state index in [-0.39, 0.29) is 30.6 Å². The molecule has 1 aromatic rings. The summed E-state index contributed by atoms with van der Waals surface area (Å²) in [5.41, 5.74) is -1.29. The minimum atomic E-state index is -1.23. The van der Waals surface area contributed by atoms with Gasteiger partial charge in [-0.05, 0) is 26.3 Å². The number of nitrogens with zero attached hydrogens (tertiary/aromatic N) is 2. The van der Waals surface area contributed by atoms with E-state index in [1.165, 1.54) is 4.90 Å². The Balaban J connectivity index is 1.73. The Morgan fingerprint density at radius 1 is 1.03 bits per heavy atom. The van der Waals surface area contributed by atoms with E-state index in [2.05, 4.69) is 10.6 Å². The number of halogens is 2. The SMILES string of the molecule is CC1CN(c2c(F)cc3c(c2F)C(=O)N(C2CCC(=O)NC2=O)C3=O)CC(C)N1. The minimum Gasteiger partial charge on any atom is -0.364 e. The fourth-order valence-electron chi connectivity index (χ4n) is 4.34. The fraction of sp³-hybridized carbons (Fsp3) is 0.474. The third-order valence-electron chi connectivity index (χ3n) is 5.47. The summed E-state index contributed by atoms with van der Waals surface area (Å²) in [4.78, 5) is 51.2. The highest BCUT2D eigenvalue weighted by Gasteiger charge is 2.47. The van der Waals surface area contributed by atoms with Crippen molar-refractivity contribution in [2.75, 3.05) is 18.0 Å². The van der Waals surface area contributed by atoms with Crippen molar-refractivity contribution in [3.63, 3.8) is 0 Å². The zero-order chi connectivity index (χ0) is 21.0. The van der Waals surface area contributed by atoms with Crippen LogP contribution in [0.2, 0.25) is 0 Å². The average molecular weight is 406 g/mol. The van der Waals surface area contributed by atoms with Gasteiger partial charge in [0, 0.05) is 31.6 Å². The van der Waals surface area contributed by atoms with Gasteiger partial charge in [0.15, 0.2) is 5.82 Å². The monoisotopic (exact) mass is 406 g/mol. The van der Waals surface area contributed by atoms with E-state index in [4.69, 9.17) is 0 Å². The molecule has 2 fully saturated rings.